The minimum absolute atomic E-state index is 0.197. The zero-order valence-corrected chi connectivity index (χ0v) is 18.3. The molecule has 0 aliphatic carbocycles. The van der Waals surface area contributed by atoms with Crippen LogP contribution >= 0.6 is 0 Å². The molecule has 0 saturated heterocycles. The molecule has 0 amide bonds. The predicted molar refractivity (Wildman–Crippen MR) is 116 cm³/mol. The van der Waals surface area contributed by atoms with Crippen LogP contribution in [0.15, 0.2) is 59.1 Å². The van der Waals surface area contributed by atoms with Crippen molar-refractivity contribution >= 4 is 0 Å². The first-order valence-corrected chi connectivity index (χ1v) is 10.2. The Bertz CT molecular complexity index is 1250. The Morgan fingerprint density at radius 2 is 1.79 bits per heavy atom. The lowest BCUT2D eigenvalue weighted by molar-refractivity contribution is -0.274. The molecule has 171 valence electrons. The van der Waals surface area contributed by atoms with Crippen molar-refractivity contribution in [3.05, 3.63) is 78.3 Å². The number of hydrogen-bond donors (Lipinski definition) is 0. The number of nitrogens with zero attached hydrogens (tertiary/aromatic N) is 4. The molecule has 9 heteroatoms. The van der Waals surface area contributed by atoms with Gasteiger partial charge >= 0.3 is 6.36 Å². The SMILES string of the molecule is [CH2]C(C)(C)c1cccc(Cn2nc(-c3nc(-c4ccc(OC(F)(F)F)cc4)no3)cc2C)c1. The van der Waals surface area contributed by atoms with Gasteiger partial charge in [0, 0.05) is 11.3 Å². The lowest BCUT2D eigenvalue weighted by Gasteiger charge is -2.19. The van der Waals surface area contributed by atoms with Crippen molar-refractivity contribution in [2.45, 2.75) is 39.1 Å². The smallest absolute Gasteiger partial charge is 0.406 e. The number of benzene rings is 2. The van der Waals surface area contributed by atoms with E-state index in [0.29, 0.717) is 17.8 Å². The molecule has 0 aliphatic heterocycles. The molecular weight excluding hydrogens is 433 g/mol. The van der Waals surface area contributed by atoms with E-state index in [9.17, 15) is 13.2 Å². The molecule has 33 heavy (non-hydrogen) atoms. The Kier molecular flexibility index (Phi) is 5.73. The van der Waals surface area contributed by atoms with E-state index in [4.69, 9.17) is 4.52 Å². The first-order valence-electron chi connectivity index (χ1n) is 10.2. The maximum atomic E-state index is 12.3. The van der Waals surface area contributed by atoms with E-state index in [1.807, 2.05) is 29.8 Å². The van der Waals surface area contributed by atoms with E-state index < -0.39 is 6.36 Å². The molecule has 1 radical (unpaired) electrons. The van der Waals surface area contributed by atoms with E-state index in [1.165, 1.54) is 24.3 Å². The standard InChI is InChI=1S/C24H22F3N4O2/c1-15-12-20(29-31(15)14-16-6-5-7-18(13-16)23(2,3)4)22-28-21(30-33-22)17-8-10-19(11-9-17)32-24(25,26)27/h5-13H,2,14H2,1,3-4H3. The number of hydrogen-bond acceptors (Lipinski definition) is 5. The van der Waals surface area contributed by atoms with Gasteiger partial charge in [0.05, 0.1) is 6.54 Å². The van der Waals surface area contributed by atoms with Gasteiger partial charge in [0.15, 0.2) is 5.69 Å². The maximum absolute atomic E-state index is 12.3. The van der Waals surface area contributed by atoms with Crippen LogP contribution in [-0.4, -0.2) is 26.3 Å². The van der Waals surface area contributed by atoms with E-state index >= 15 is 0 Å². The zero-order chi connectivity index (χ0) is 23.8. The Morgan fingerprint density at radius 1 is 1.06 bits per heavy atom. The number of aryl methyl sites for hydroxylation is 1. The molecule has 4 aromatic rings. The highest BCUT2D eigenvalue weighted by molar-refractivity contribution is 5.59. The largest absolute Gasteiger partial charge is 0.573 e. The van der Waals surface area contributed by atoms with Crippen molar-refractivity contribution in [2.24, 2.45) is 0 Å². The third-order valence-electron chi connectivity index (χ3n) is 5.01. The Labute approximate surface area is 189 Å². The van der Waals surface area contributed by atoms with Crippen molar-refractivity contribution < 1.29 is 22.4 Å². The summed E-state index contributed by atoms with van der Waals surface area (Å²) in [7, 11) is 0. The van der Waals surface area contributed by atoms with Gasteiger partial charge in [-0.25, -0.2) is 0 Å². The fraction of sp³-hybridized carbons (Fsp3) is 0.250. The van der Waals surface area contributed by atoms with Crippen molar-refractivity contribution in [1.82, 2.24) is 19.9 Å². The summed E-state index contributed by atoms with van der Waals surface area (Å²) in [6.07, 6.45) is -4.75. The number of rotatable bonds is 6. The highest BCUT2D eigenvalue weighted by atomic mass is 19.4. The van der Waals surface area contributed by atoms with Crippen LogP contribution in [0.25, 0.3) is 23.0 Å². The summed E-state index contributed by atoms with van der Waals surface area (Å²) >= 11 is 0. The first-order chi connectivity index (χ1) is 15.5. The molecule has 0 N–H and O–H groups in total. The predicted octanol–water partition coefficient (Wildman–Crippen LogP) is 5.97. The molecule has 0 aliphatic rings. The van der Waals surface area contributed by atoms with Crippen LogP contribution in [0.3, 0.4) is 0 Å². The van der Waals surface area contributed by atoms with Gasteiger partial charge in [-0.2, -0.15) is 10.1 Å². The minimum Gasteiger partial charge on any atom is -0.406 e. The van der Waals surface area contributed by atoms with Crippen molar-refractivity contribution in [2.75, 3.05) is 0 Å². The summed E-state index contributed by atoms with van der Waals surface area (Å²) in [6, 6.07) is 15.3. The lowest BCUT2D eigenvalue weighted by Crippen LogP contribution is -2.16. The average molecular weight is 455 g/mol. The molecule has 4 rings (SSSR count). The number of ether oxygens (including phenoxy) is 1. The highest BCUT2D eigenvalue weighted by Crippen LogP contribution is 2.27. The van der Waals surface area contributed by atoms with Crippen molar-refractivity contribution in [3.63, 3.8) is 0 Å². The lowest BCUT2D eigenvalue weighted by atomic mass is 9.86. The van der Waals surface area contributed by atoms with Crippen LogP contribution < -0.4 is 4.74 Å². The van der Waals surface area contributed by atoms with Crippen LogP contribution in [0.1, 0.15) is 30.7 Å². The van der Waals surface area contributed by atoms with Gasteiger partial charge in [-0.05, 0) is 60.7 Å². The van der Waals surface area contributed by atoms with E-state index in [1.54, 1.807) is 0 Å². The Balaban J connectivity index is 1.52. The second-order valence-corrected chi connectivity index (χ2v) is 8.41. The van der Waals surface area contributed by atoms with Gasteiger partial charge in [0.1, 0.15) is 5.75 Å². The normalized spacial score (nSPS) is 12.2. The molecule has 2 heterocycles. The Hall–Kier alpha value is -3.62. The molecular formula is C24H22F3N4O2. The van der Waals surface area contributed by atoms with Crippen LogP contribution in [0, 0.1) is 13.8 Å². The second-order valence-electron chi connectivity index (χ2n) is 8.41. The summed E-state index contributed by atoms with van der Waals surface area (Å²) in [5.41, 5.74) is 3.95. The van der Waals surface area contributed by atoms with Crippen molar-refractivity contribution in [3.8, 4) is 28.7 Å². The molecule has 6 nitrogen and oxygen atoms in total. The van der Waals surface area contributed by atoms with Crippen LogP contribution in [0.5, 0.6) is 5.75 Å². The van der Waals surface area contributed by atoms with Gasteiger partial charge in [-0.3, -0.25) is 4.68 Å². The molecule has 0 saturated carbocycles. The monoisotopic (exact) mass is 455 g/mol. The highest BCUT2D eigenvalue weighted by Gasteiger charge is 2.31. The average Bonchev–Trinajstić information content (AvgIpc) is 3.34. The summed E-state index contributed by atoms with van der Waals surface area (Å²) in [6.45, 7) is 10.8. The van der Waals surface area contributed by atoms with Gasteiger partial charge in [0.2, 0.25) is 5.82 Å². The van der Waals surface area contributed by atoms with E-state index in [0.717, 1.165) is 16.8 Å². The summed E-state index contributed by atoms with van der Waals surface area (Å²) < 4.78 is 48.0. The fourth-order valence-corrected chi connectivity index (χ4v) is 3.29. The van der Waals surface area contributed by atoms with Crippen LogP contribution in [-0.2, 0) is 12.0 Å². The van der Waals surface area contributed by atoms with Gasteiger partial charge in [-0.15, -0.1) is 13.2 Å². The second kappa shape index (κ2) is 8.38. The minimum atomic E-state index is -4.75. The number of alkyl halides is 3. The molecule has 0 bridgehead atoms. The fourth-order valence-electron chi connectivity index (χ4n) is 3.29. The number of halogens is 3. The maximum Gasteiger partial charge on any atom is 0.573 e. The van der Waals surface area contributed by atoms with Crippen molar-refractivity contribution in [1.29, 1.82) is 0 Å². The third kappa shape index (κ3) is 5.42. The molecule has 2 aromatic heterocycles. The van der Waals surface area contributed by atoms with Gasteiger partial charge in [0.25, 0.3) is 5.89 Å². The van der Waals surface area contributed by atoms with E-state index in [2.05, 4.69) is 52.9 Å². The van der Waals surface area contributed by atoms with Gasteiger partial charge < -0.3 is 9.26 Å². The first kappa shape index (κ1) is 22.6. The molecule has 0 fully saturated rings. The molecule has 0 unspecified atom stereocenters. The third-order valence-corrected chi connectivity index (χ3v) is 5.01. The van der Waals surface area contributed by atoms with Gasteiger partial charge in [-0.1, -0.05) is 43.3 Å². The molecule has 2 aromatic carbocycles. The quantitative estimate of drug-likeness (QED) is 0.359. The molecule has 0 atom stereocenters. The topological polar surface area (TPSA) is 66.0 Å². The number of aromatic nitrogens is 4. The van der Waals surface area contributed by atoms with E-state index in [-0.39, 0.29) is 22.9 Å². The Morgan fingerprint density at radius 3 is 2.45 bits per heavy atom. The van der Waals surface area contributed by atoms with Crippen LogP contribution in [0.2, 0.25) is 0 Å². The zero-order valence-electron chi connectivity index (χ0n) is 18.3. The summed E-state index contributed by atoms with van der Waals surface area (Å²) in [5.74, 6) is 0.131. The molecule has 0 spiro atoms. The summed E-state index contributed by atoms with van der Waals surface area (Å²) in [4.78, 5) is 4.34. The van der Waals surface area contributed by atoms with Crippen LogP contribution in [0.4, 0.5) is 13.2 Å². The summed E-state index contributed by atoms with van der Waals surface area (Å²) in [5, 5.41) is 8.51.